The van der Waals surface area contributed by atoms with Crippen LogP contribution in [0, 0.1) is 0 Å². The fraction of sp³-hybridized carbons (Fsp3) is 0.565. The number of amides is 3. The van der Waals surface area contributed by atoms with Crippen LogP contribution in [0.4, 0.5) is 10.5 Å². The lowest BCUT2D eigenvalue weighted by Gasteiger charge is -2.34. The van der Waals surface area contributed by atoms with Crippen molar-refractivity contribution >= 4 is 34.5 Å². The molecule has 1 aromatic heterocycles. The number of nitrogens with one attached hydrogen (secondary N) is 2. The molecule has 2 N–H and O–H groups in total. The van der Waals surface area contributed by atoms with E-state index < -0.39 is 11.5 Å². The Morgan fingerprint density at radius 2 is 1.91 bits per heavy atom. The monoisotopic (exact) mass is 441 g/mol. The third kappa shape index (κ3) is 4.71. The number of hydrogen-bond donors (Lipinski definition) is 2. The number of carbonyl (C=O) groups is 3. The SMILES string of the molecule is Cn1nc(C2CCC(=O)NC2=O)c2ccc(N3CCC(NC(=O)OC(C)(C)C)CC3)cc21. The minimum Gasteiger partial charge on any atom is -0.444 e. The van der Waals surface area contributed by atoms with Gasteiger partial charge in [0.1, 0.15) is 5.60 Å². The van der Waals surface area contributed by atoms with Crippen molar-refractivity contribution in [1.29, 1.82) is 0 Å². The van der Waals surface area contributed by atoms with Crippen molar-refractivity contribution in [3.63, 3.8) is 0 Å². The summed E-state index contributed by atoms with van der Waals surface area (Å²) in [6.45, 7) is 7.22. The third-order valence-corrected chi connectivity index (χ3v) is 6.01. The molecule has 172 valence electrons. The topological polar surface area (TPSA) is 106 Å². The fourth-order valence-electron chi connectivity index (χ4n) is 4.44. The summed E-state index contributed by atoms with van der Waals surface area (Å²) in [5.41, 5.74) is 2.26. The lowest BCUT2D eigenvalue weighted by molar-refractivity contribution is -0.134. The fourth-order valence-corrected chi connectivity index (χ4v) is 4.44. The molecule has 3 heterocycles. The van der Waals surface area contributed by atoms with Gasteiger partial charge in [-0.15, -0.1) is 0 Å². The summed E-state index contributed by atoms with van der Waals surface area (Å²) in [7, 11) is 1.87. The number of nitrogens with zero attached hydrogens (tertiary/aromatic N) is 3. The van der Waals surface area contributed by atoms with Gasteiger partial charge in [-0.3, -0.25) is 19.6 Å². The third-order valence-electron chi connectivity index (χ3n) is 6.01. The number of benzene rings is 1. The molecule has 0 aliphatic carbocycles. The zero-order valence-electron chi connectivity index (χ0n) is 19.1. The number of anilines is 1. The molecule has 1 atom stereocenters. The Morgan fingerprint density at radius 3 is 2.56 bits per heavy atom. The van der Waals surface area contributed by atoms with Gasteiger partial charge in [0.2, 0.25) is 11.8 Å². The second-order valence-corrected chi connectivity index (χ2v) is 9.62. The Balaban J connectivity index is 1.44. The van der Waals surface area contributed by atoms with Crippen molar-refractivity contribution in [3.8, 4) is 0 Å². The van der Waals surface area contributed by atoms with E-state index in [4.69, 9.17) is 4.74 Å². The van der Waals surface area contributed by atoms with Crippen LogP contribution in [-0.4, -0.2) is 52.4 Å². The van der Waals surface area contributed by atoms with Crippen molar-refractivity contribution in [3.05, 3.63) is 23.9 Å². The Morgan fingerprint density at radius 1 is 1.19 bits per heavy atom. The van der Waals surface area contributed by atoms with Gasteiger partial charge in [-0.05, 0) is 58.2 Å². The maximum absolute atomic E-state index is 12.3. The van der Waals surface area contributed by atoms with Gasteiger partial charge in [0.05, 0.1) is 17.1 Å². The minimum atomic E-state index is -0.504. The number of aromatic nitrogens is 2. The molecule has 0 spiro atoms. The first-order valence-corrected chi connectivity index (χ1v) is 11.2. The summed E-state index contributed by atoms with van der Waals surface area (Å²) in [6.07, 6.45) is 2.12. The average molecular weight is 442 g/mol. The van der Waals surface area contributed by atoms with Crippen LogP contribution in [0.1, 0.15) is 58.1 Å². The van der Waals surface area contributed by atoms with E-state index in [2.05, 4.69) is 32.8 Å². The Hall–Kier alpha value is -3.10. The lowest BCUT2D eigenvalue weighted by atomic mass is 9.92. The molecule has 32 heavy (non-hydrogen) atoms. The van der Waals surface area contributed by atoms with Gasteiger partial charge >= 0.3 is 6.09 Å². The van der Waals surface area contributed by atoms with Crippen LogP contribution < -0.4 is 15.5 Å². The first kappa shape index (κ1) is 22.1. The minimum absolute atomic E-state index is 0.0978. The summed E-state index contributed by atoms with van der Waals surface area (Å²) < 4.78 is 7.16. The first-order chi connectivity index (χ1) is 15.1. The van der Waals surface area contributed by atoms with E-state index in [-0.39, 0.29) is 23.9 Å². The maximum atomic E-state index is 12.3. The summed E-state index contributed by atoms with van der Waals surface area (Å²) in [6, 6.07) is 6.27. The zero-order chi connectivity index (χ0) is 23.0. The number of piperidine rings is 2. The van der Waals surface area contributed by atoms with E-state index in [1.54, 1.807) is 4.68 Å². The van der Waals surface area contributed by atoms with Gasteiger partial charge in [-0.1, -0.05) is 0 Å². The van der Waals surface area contributed by atoms with Gasteiger partial charge in [-0.25, -0.2) is 4.79 Å². The Labute approximate surface area is 187 Å². The van der Waals surface area contributed by atoms with Gasteiger partial charge in [0.25, 0.3) is 0 Å². The molecule has 2 aromatic rings. The molecule has 9 heteroatoms. The van der Waals surface area contributed by atoms with Crippen LogP contribution in [0.3, 0.4) is 0 Å². The largest absolute Gasteiger partial charge is 0.444 e. The molecule has 4 rings (SSSR count). The maximum Gasteiger partial charge on any atom is 0.407 e. The van der Waals surface area contributed by atoms with Crippen molar-refractivity contribution in [2.24, 2.45) is 7.05 Å². The second-order valence-electron chi connectivity index (χ2n) is 9.62. The molecule has 0 saturated carbocycles. The summed E-state index contributed by atoms with van der Waals surface area (Å²) >= 11 is 0. The smallest absolute Gasteiger partial charge is 0.407 e. The Bertz CT molecular complexity index is 1050. The summed E-state index contributed by atoms with van der Waals surface area (Å²) in [4.78, 5) is 38.1. The van der Waals surface area contributed by atoms with E-state index in [0.717, 1.165) is 48.2 Å². The quantitative estimate of drug-likeness (QED) is 0.710. The van der Waals surface area contributed by atoms with Crippen LogP contribution in [-0.2, 0) is 21.4 Å². The molecule has 2 fully saturated rings. The number of alkyl carbamates (subject to hydrolysis) is 1. The van der Waals surface area contributed by atoms with E-state index in [0.29, 0.717) is 12.8 Å². The first-order valence-electron chi connectivity index (χ1n) is 11.2. The second kappa shape index (κ2) is 8.44. The number of rotatable bonds is 3. The van der Waals surface area contributed by atoms with Crippen molar-refractivity contribution in [2.75, 3.05) is 18.0 Å². The molecular formula is C23H31N5O4. The normalized spacial score (nSPS) is 20.4. The molecule has 0 bridgehead atoms. The standard InChI is InChI=1S/C23H31N5O4/c1-23(2,3)32-22(31)24-14-9-11-28(12-10-14)15-5-6-16-18(13-15)27(4)26-20(16)17-7-8-19(29)25-21(17)30/h5-6,13-14,17H,7-12H2,1-4H3,(H,24,31)(H,25,29,30). The van der Waals surface area contributed by atoms with Crippen LogP contribution in [0.2, 0.25) is 0 Å². The number of fused-ring (bicyclic) bond motifs is 1. The highest BCUT2D eigenvalue weighted by Crippen LogP contribution is 2.32. The number of ether oxygens (including phenoxy) is 1. The van der Waals surface area contributed by atoms with Gasteiger partial charge < -0.3 is 15.0 Å². The van der Waals surface area contributed by atoms with Crippen LogP contribution in [0.15, 0.2) is 18.2 Å². The predicted octanol–water partition coefficient (Wildman–Crippen LogP) is 2.59. The van der Waals surface area contributed by atoms with Crippen LogP contribution in [0.5, 0.6) is 0 Å². The van der Waals surface area contributed by atoms with E-state index >= 15 is 0 Å². The van der Waals surface area contributed by atoms with Crippen LogP contribution >= 0.6 is 0 Å². The molecule has 2 aliphatic rings. The molecule has 9 nitrogen and oxygen atoms in total. The summed E-state index contributed by atoms with van der Waals surface area (Å²) in [5.74, 6) is -0.903. The number of imide groups is 1. The molecule has 1 unspecified atom stereocenters. The number of carbonyl (C=O) groups excluding carboxylic acids is 3. The van der Waals surface area contributed by atoms with Crippen molar-refractivity contribution < 1.29 is 19.1 Å². The van der Waals surface area contributed by atoms with Crippen molar-refractivity contribution in [2.45, 2.75) is 64.0 Å². The average Bonchev–Trinajstić information content (AvgIpc) is 3.03. The van der Waals surface area contributed by atoms with Gasteiger partial charge in [0.15, 0.2) is 0 Å². The molecule has 0 radical (unpaired) electrons. The lowest BCUT2D eigenvalue weighted by Crippen LogP contribution is -2.46. The molecule has 2 saturated heterocycles. The van der Waals surface area contributed by atoms with E-state index in [1.807, 2.05) is 33.9 Å². The number of hydrogen-bond acceptors (Lipinski definition) is 6. The Kier molecular flexibility index (Phi) is 5.83. The highest BCUT2D eigenvalue weighted by molar-refractivity contribution is 6.02. The van der Waals surface area contributed by atoms with E-state index in [1.165, 1.54) is 0 Å². The molecule has 1 aromatic carbocycles. The predicted molar refractivity (Wildman–Crippen MR) is 120 cm³/mol. The zero-order valence-corrected chi connectivity index (χ0v) is 19.1. The number of aryl methyl sites for hydroxylation is 1. The highest BCUT2D eigenvalue weighted by atomic mass is 16.6. The molecular weight excluding hydrogens is 410 g/mol. The van der Waals surface area contributed by atoms with Gasteiger partial charge in [-0.2, -0.15) is 5.10 Å². The van der Waals surface area contributed by atoms with Crippen molar-refractivity contribution in [1.82, 2.24) is 20.4 Å². The van der Waals surface area contributed by atoms with Gasteiger partial charge in [0, 0.05) is 43.7 Å². The van der Waals surface area contributed by atoms with E-state index in [9.17, 15) is 14.4 Å². The summed E-state index contributed by atoms with van der Waals surface area (Å²) in [5, 5.41) is 10.9. The molecule has 3 amide bonds. The highest BCUT2D eigenvalue weighted by Gasteiger charge is 2.32. The molecule has 2 aliphatic heterocycles. The van der Waals surface area contributed by atoms with Crippen LogP contribution in [0.25, 0.3) is 10.9 Å².